The smallest absolute Gasteiger partial charge is 0.225 e. The minimum absolute atomic E-state index is 0.155. The quantitative estimate of drug-likeness (QED) is 0.832. The summed E-state index contributed by atoms with van der Waals surface area (Å²) in [6.07, 6.45) is 9.47. The molecular weight excluding hydrogens is 226 g/mol. The maximum absolute atomic E-state index is 12.2. The first-order chi connectivity index (χ1) is 8.79. The summed E-state index contributed by atoms with van der Waals surface area (Å²) in [5, 5.41) is 3.22. The second-order valence-electron chi connectivity index (χ2n) is 6.90. The third-order valence-electron chi connectivity index (χ3n) is 5.87. The van der Waals surface area contributed by atoms with Gasteiger partial charge in [-0.3, -0.25) is 4.79 Å². The number of ether oxygens (including phenoxy) is 1. The zero-order valence-electron chi connectivity index (χ0n) is 10.9. The number of nitrogens with one attached hydrogen (secondary N) is 1. The molecule has 6 atom stereocenters. The number of hydrogen-bond acceptors (Lipinski definition) is 2. The Morgan fingerprint density at radius 3 is 2.67 bits per heavy atom. The first-order valence-electron chi connectivity index (χ1n) is 7.73. The van der Waals surface area contributed by atoms with Crippen molar-refractivity contribution in [2.45, 2.75) is 57.2 Å². The summed E-state index contributed by atoms with van der Waals surface area (Å²) >= 11 is 0. The molecule has 1 amide bonds. The van der Waals surface area contributed by atoms with E-state index in [1.165, 1.54) is 32.1 Å². The number of carbonyl (C=O) groups excluding carboxylic acids is 1. The monoisotopic (exact) mass is 249 g/mol. The van der Waals surface area contributed by atoms with E-state index in [9.17, 15) is 4.79 Å². The maximum atomic E-state index is 12.2. The normalized spacial score (nSPS) is 48.9. The van der Waals surface area contributed by atoms with E-state index in [1.807, 2.05) is 0 Å². The van der Waals surface area contributed by atoms with E-state index in [2.05, 4.69) is 5.32 Å². The molecule has 3 nitrogen and oxygen atoms in total. The van der Waals surface area contributed by atoms with Crippen LogP contribution in [0.5, 0.6) is 0 Å². The van der Waals surface area contributed by atoms with E-state index >= 15 is 0 Å². The van der Waals surface area contributed by atoms with Gasteiger partial charge in [-0.25, -0.2) is 0 Å². The molecule has 2 saturated heterocycles. The van der Waals surface area contributed by atoms with Gasteiger partial charge >= 0.3 is 0 Å². The Hall–Kier alpha value is -0.570. The molecule has 0 unspecified atom stereocenters. The Morgan fingerprint density at radius 2 is 2.06 bits per heavy atom. The summed E-state index contributed by atoms with van der Waals surface area (Å²) < 4.78 is 5.77. The molecule has 0 aromatic carbocycles. The van der Waals surface area contributed by atoms with Crippen LogP contribution in [0.15, 0.2) is 0 Å². The second-order valence-corrected chi connectivity index (χ2v) is 6.90. The van der Waals surface area contributed by atoms with E-state index in [0.717, 1.165) is 37.1 Å². The first kappa shape index (κ1) is 11.3. The van der Waals surface area contributed by atoms with Gasteiger partial charge in [-0.1, -0.05) is 6.42 Å². The summed E-state index contributed by atoms with van der Waals surface area (Å²) in [6.45, 7) is 0.924. The van der Waals surface area contributed by atoms with Crippen molar-refractivity contribution < 1.29 is 9.53 Å². The van der Waals surface area contributed by atoms with Crippen molar-refractivity contribution in [3.63, 3.8) is 0 Å². The van der Waals surface area contributed by atoms with Crippen LogP contribution in [-0.2, 0) is 9.53 Å². The van der Waals surface area contributed by atoms with Crippen LogP contribution in [0.3, 0.4) is 0 Å². The van der Waals surface area contributed by atoms with Crippen molar-refractivity contribution >= 4 is 5.91 Å². The zero-order valence-corrected chi connectivity index (χ0v) is 10.9. The van der Waals surface area contributed by atoms with Crippen LogP contribution in [0.1, 0.15) is 44.9 Å². The highest BCUT2D eigenvalue weighted by Crippen LogP contribution is 2.48. The molecule has 100 valence electrons. The lowest BCUT2D eigenvalue weighted by Gasteiger charge is -2.24. The van der Waals surface area contributed by atoms with Crippen molar-refractivity contribution in [3.8, 4) is 0 Å². The van der Waals surface area contributed by atoms with Gasteiger partial charge in [-0.15, -0.1) is 0 Å². The third-order valence-corrected chi connectivity index (χ3v) is 5.87. The highest BCUT2D eigenvalue weighted by atomic mass is 16.5. The SMILES string of the molecule is O=C(NC[C@H]1C[C@H]2CC[C@H]1C2)[C@H]1C[C@H]2CC[C@H]1O2. The fraction of sp³-hybridized carbons (Fsp3) is 0.933. The van der Waals surface area contributed by atoms with Gasteiger partial charge in [0.2, 0.25) is 5.91 Å². The van der Waals surface area contributed by atoms with Crippen molar-refractivity contribution in [2.24, 2.45) is 23.7 Å². The molecule has 2 heterocycles. The molecule has 4 fully saturated rings. The Kier molecular flexibility index (Phi) is 2.65. The minimum Gasteiger partial charge on any atom is -0.374 e. The zero-order chi connectivity index (χ0) is 12.1. The maximum Gasteiger partial charge on any atom is 0.225 e. The van der Waals surface area contributed by atoms with Crippen LogP contribution >= 0.6 is 0 Å². The van der Waals surface area contributed by atoms with Gasteiger partial charge in [0.15, 0.2) is 0 Å². The van der Waals surface area contributed by atoms with E-state index < -0.39 is 0 Å². The Bertz CT molecular complexity index is 356. The molecule has 0 aromatic rings. The molecular formula is C15H23NO2. The van der Waals surface area contributed by atoms with Crippen LogP contribution in [0.2, 0.25) is 0 Å². The number of amides is 1. The number of rotatable bonds is 3. The average Bonchev–Trinajstić information content (AvgIpc) is 3.13. The molecule has 2 saturated carbocycles. The lowest BCUT2D eigenvalue weighted by atomic mass is 9.87. The van der Waals surface area contributed by atoms with Gasteiger partial charge in [0, 0.05) is 6.54 Å². The van der Waals surface area contributed by atoms with Crippen LogP contribution in [0, 0.1) is 23.7 Å². The van der Waals surface area contributed by atoms with E-state index in [0.29, 0.717) is 6.10 Å². The number of carbonyl (C=O) groups is 1. The number of hydrogen-bond donors (Lipinski definition) is 1. The standard InChI is InChI=1S/C15H23NO2/c17-15(13-7-12-3-4-14(13)18-12)16-8-11-6-9-1-2-10(11)5-9/h9-14H,1-8H2,(H,16,17)/t9-,10-,11+,12+,13-,14+/m0/s1. The predicted octanol–water partition coefficient (Wildman–Crippen LogP) is 2.11. The highest BCUT2D eigenvalue weighted by Gasteiger charge is 2.45. The highest BCUT2D eigenvalue weighted by molar-refractivity contribution is 5.79. The Balaban J connectivity index is 1.29. The molecule has 0 aromatic heterocycles. The van der Waals surface area contributed by atoms with Crippen LogP contribution in [0.25, 0.3) is 0 Å². The van der Waals surface area contributed by atoms with E-state index in [1.54, 1.807) is 0 Å². The number of fused-ring (bicyclic) bond motifs is 4. The van der Waals surface area contributed by atoms with E-state index in [-0.39, 0.29) is 17.9 Å². The molecule has 0 radical (unpaired) electrons. The van der Waals surface area contributed by atoms with Gasteiger partial charge in [-0.05, 0) is 56.3 Å². The summed E-state index contributed by atoms with van der Waals surface area (Å²) in [6, 6.07) is 0. The van der Waals surface area contributed by atoms with Gasteiger partial charge in [0.25, 0.3) is 0 Å². The summed E-state index contributed by atoms with van der Waals surface area (Å²) in [5.41, 5.74) is 0. The molecule has 2 aliphatic heterocycles. The molecule has 18 heavy (non-hydrogen) atoms. The lowest BCUT2D eigenvalue weighted by Crippen LogP contribution is -2.39. The Labute approximate surface area is 109 Å². The van der Waals surface area contributed by atoms with Gasteiger partial charge < -0.3 is 10.1 Å². The predicted molar refractivity (Wildman–Crippen MR) is 67.9 cm³/mol. The summed E-state index contributed by atoms with van der Waals surface area (Å²) in [7, 11) is 0. The van der Waals surface area contributed by atoms with Gasteiger partial charge in [0.05, 0.1) is 18.1 Å². The molecule has 4 rings (SSSR count). The largest absolute Gasteiger partial charge is 0.374 e. The molecule has 4 bridgehead atoms. The fourth-order valence-electron chi connectivity index (χ4n) is 4.90. The van der Waals surface area contributed by atoms with Crippen LogP contribution < -0.4 is 5.32 Å². The average molecular weight is 249 g/mol. The molecule has 1 N–H and O–H groups in total. The van der Waals surface area contributed by atoms with Crippen molar-refractivity contribution in [1.29, 1.82) is 0 Å². The molecule has 2 aliphatic carbocycles. The van der Waals surface area contributed by atoms with Crippen LogP contribution in [0.4, 0.5) is 0 Å². The fourth-order valence-corrected chi connectivity index (χ4v) is 4.90. The second kappa shape index (κ2) is 4.22. The lowest BCUT2D eigenvalue weighted by molar-refractivity contribution is -0.126. The third kappa shape index (κ3) is 1.78. The molecule has 0 spiro atoms. The van der Waals surface area contributed by atoms with Crippen LogP contribution in [-0.4, -0.2) is 24.7 Å². The molecule has 4 aliphatic rings. The van der Waals surface area contributed by atoms with Crippen molar-refractivity contribution in [2.75, 3.05) is 6.54 Å². The van der Waals surface area contributed by atoms with Crippen molar-refractivity contribution in [1.82, 2.24) is 5.32 Å². The minimum atomic E-state index is 0.155. The summed E-state index contributed by atoms with van der Waals surface area (Å²) in [4.78, 5) is 12.2. The van der Waals surface area contributed by atoms with Gasteiger partial charge in [-0.2, -0.15) is 0 Å². The molecule has 3 heteroatoms. The first-order valence-corrected chi connectivity index (χ1v) is 7.73. The van der Waals surface area contributed by atoms with E-state index in [4.69, 9.17) is 4.74 Å². The van der Waals surface area contributed by atoms with Gasteiger partial charge in [0.1, 0.15) is 0 Å². The summed E-state index contributed by atoms with van der Waals surface area (Å²) in [5.74, 6) is 3.08. The topological polar surface area (TPSA) is 38.3 Å². The Morgan fingerprint density at radius 1 is 1.11 bits per heavy atom. The van der Waals surface area contributed by atoms with Crippen molar-refractivity contribution in [3.05, 3.63) is 0 Å².